The van der Waals surface area contributed by atoms with E-state index in [1.807, 2.05) is 13.0 Å². The summed E-state index contributed by atoms with van der Waals surface area (Å²) in [5, 5.41) is 2.90. The first-order valence-corrected chi connectivity index (χ1v) is 8.66. The van der Waals surface area contributed by atoms with Crippen LogP contribution in [0.5, 0.6) is 0 Å². The molecule has 0 aliphatic rings. The quantitative estimate of drug-likeness (QED) is 0.696. The Morgan fingerprint density at radius 2 is 1.85 bits per heavy atom. The summed E-state index contributed by atoms with van der Waals surface area (Å²) in [5.74, 6) is -0.326. The van der Waals surface area contributed by atoms with Crippen molar-refractivity contribution in [3.8, 4) is 0 Å². The molecule has 26 heavy (non-hydrogen) atoms. The van der Waals surface area contributed by atoms with Crippen LogP contribution in [0.1, 0.15) is 42.1 Å². The van der Waals surface area contributed by atoms with E-state index in [1.165, 1.54) is 12.1 Å². The van der Waals surface area contributed by atoms with Crippen LogP contribution < -0.4 is 5.32 Å². The van der Waals surface area contributed by atoms with Crippen molar-refractivity contribution in [3.63, 3.8) is 0 Å². The second-order valence-electron chi connectivity index (χ2n) is 6.94. The van der Waals surface area contributed by atoms with Crippen LogP contribution in [0.4, 0.5) is 8.78 Å². The van der Waals surface area contributed by atoms with Gasteiger partial charge in [-0.15, -0.1) is 0 Å². The molecule has 0 unspecified atom stereocenters. The van der Waals surface area contributed by atoms with Crippen LogP contribution >= 0.6 is 0 Å². The van der Waals surface area contributed by atoms with Gasteiger partial charge in [-0.1, -0.05) is 13.8 Å². The predicted octanol–water partition coefficient (Wildman–Crippen LogP) is 4.65. The van der Waals surface area contributed by atoms with Gasteiger partial charge < -0.3 is 14.3 Å². The molecule has 138 valence electrons. The number of benzene rings is 1. The van der Waals surface area contributed by atoms with E-state index in [1.54, 1.807) is 10.6 Å². The molecule has 1 N–H and O–H groups in total. The second-order valence-corrected chi connectivity index (χ2v) is 6.94. The van der Waals surface area contributed by atoms with Gasteiger partial charge in [-0.05, 0) is 37.0 Å². The third kappa shape index (κ3) is 3.95. The van der Waals surface area contributed by atoms with Gasteiger partial charge in [-0.3, -0.25) is 4.79 Å². The smallest absolute Gasteiger partial charge is 0.268 e. The van der Waals surface area contributed by atoms with Crippen LogP contribution in [0.15, 0.2) is 34.7 Å². The lowest BCUT2D eigenvalue weighted by Crippen LogP contribution is -2.27. The molecular weight excluding hydrogens is 338 g/mol. The van der Waals surface area contributed by atoms with E-state index in [9.17, 15) is 13.6 Å². The second kappa shape index (κ2) is 7.32. The molecule has 0 saturated heterocycles. The zero-order valence-corrected chi connectivity index (χ0v) is 15.1. The van der Waals surface area contributed by atoms with Gasteiger partial charge in [0.25, 0.3) is 5.91 Å². The monoisotopic (exact) mass is 360 g/mol. The van der Waals surface area contributed by atoms with Crippen molar-refractivity contribution in [1.82, 2.24) is 9.88 Å². The Morgan fingerprint density at radius 1 is 1.15 bits per heavy atom. The van der Waals surface area contributed by atoms with Crippen LogP contribution in [0, 0.1) is 24.5 Å². The molecule has 6 heteroatoms. The lowest BCUT2D eigenvalue weighted by molar-refractivity contribution is 0.0943. The van der Waals surface area contributed by atoms with Gasteiger partial charge in [-0.25, -0.2) is 8.78 Å². The molecule has 2 aromatic heterocycles. The zero-order valence-electron chi connectivity index (χ0n) is 15.1. The molecule has 1 amide bonds. The number of carbonyl (C=O) groups is 1. The first-order chi connectivity index (χ1) is 12.3. The summed E-state index contributed by atoms with van der Waals surface area (Å²) in [5.41, 5.74) is 2.15. The van der Waals surface area contributed by atoms with Gasteiger partial charge in [-0.2, -0.15) is 0 Å². The Morgan fingerprint density at radius 3 is 2.50 bits per heavy atom. The summed E-state index contributed by atoms with van der Waals surface area (Å²) in [6, 6.07) is 6.85. The van der Waals surface area contributed by atoms with E-state index in [0.717, 1.165) is 18.0 Å². The lowest BCUT2D eigenvalue weighted by atomic mass is 10.1. The van der Waals surface area contributed by atoms with Gasteiger partial charge in [0.1, 0.15) is 23.1 Å². The summed E-state index contributed by atoms with van der Waals surface area (Å²) < 4.78 is 34.4. The van der Waals surface area contributed by atoms with Crippen LogP contribution in [-0.2, 0) is 6.54 Å². The molecule has 0 aliphatic carbocycles. The van der Waals surface area contributed by atoms with Crippen LogP contribution in [0.3, 0.4) is 0 Å². The Balaban J connectivity index is 1.94. The Bertz CT molecular complexity index is 921. The van der Waals surface area contributed by atoms with E-state index in [4.69, 9.17) is 4.42 Å². The highest BCUT2D eigenvalue weighted by atomic mass is 19.1. The molecule has 0 radical (unpaired) electrons. The number of nitrogens with one attached hydrogen (secondary N) is 1. The fourth-order valence-corrected chi connectivity index (χ4v) is 2.97. The topological polar surface area (TPSA) is 47.2 Å². The number of aryl methyl sites for hydroxylation is 1. The molecule has 0 aliphatic heterocycles. The number of hydrogen-bond donors (Lipinski definition) is 1. The fourth-order valence-electron chi connectivity index (χ4n) is 2.97. The Hall–Kier alpha value is -2.63. The normalized spacial score (nSPS) is 11.5. The highest BCUT2D eigenvalue weighted by Crippen LogP contribution is 2.25. The highest BCUT2D eigenvalue weighted by Gasteiger charge is 2.19. The summed E-state index contributed by atoms with van der Waals surface area (Å²) >= 11 is 0. The number of amides is 1. The number of halogens is 2. The number of nitrogens with zero attached hydrogens (tertiary/aromatic N) is 1. The maximum atomic E-state index is 13.5. The summed E-state index contributed by atoms with van der Waals surface area (Å²) in [4.78, 5) is 12.6. The maximum absolute atomic E-state index is 13.5. The average Bonchev–Trinajstić information content (AvgIpc) is 3.03. The van der Waals surface area contributed by atoms with Crippen molar-refractivity contribution in [2.24, 2.45) is 5.92 Å². The minimum absolute atomic E-state index is 0.171. The molecule has 3 rings (SSSR count). The third-order valence-electron chi connectivity index (χ3n) is 4.22. The Labute approximate surface area is 150 Å². The van der Waals surface area contributed by atoms with E-state index in [-0.39, 0.29) is 12.5 Å². The zero-order chi connectivity index (χ0) is 18.8. The van der Waals surface area contributed by atoms with Gasteiger partial charge in [0.15, 0.2) is 5.58 Å². The van der Waals surface area contributed by atoms with Crippen molar-refractivity contribution < 1.29 is 18.0 Å². The number of furan rings is 1. The standard InChI is InChI=1S/C20H22F2N2O2/c1-12(2)4-5-23-20(25)18-10-19-17(6-13(3)26-19)24(18)11-14-7-15(21)9-16(22)8-14/h6-10,12H,4-5,11H2,1-3H3,(H,23,25). The predicted molar refractivity (Wildman–Crippen MR) is 96.2 cm³/mol. The first kappa shape index (κ1) is 18.2. The highest BCUT2D eigenvalue weighted by molar-refractivity contribution is 5.97. The van der Waals surface area contributed by atoms with Crippen LogP contribution in [0.2, 0.25) is 0 Å². The number of fused-ring (bicyclic) bond motifs is 1. The largest absolute Gasteiger partial charge is 0.460 e. The third-order valence-corrected chi connectivity index (χ3v) is 4.22. The van der Waals surface area contributed by atoms with Gasteiger partial charge in [0, 0.05) is 31.3 Å². The van der Waals surface area contributed by atoms with Crippen LogP contribution in [0.25, 0.3) is 11.1 Å². The summed E-state index contributed by atoms with van der Waals surface area (Å²) in [6.07, 6.45) is 0.872. The molecule has 0 fully saturated rings. The molecule has 2 heterocycles. The number of aromatic nitrogens is 1. The van der Waals surface area contributed by atoms with E-state index < -0.39 is 11.6 Å². The molecule has 3 aromatic rings. The van der Waals surface area contributed by atoms with E-state index >= 15 is 0 Å². The molecule has 4 nitrogen and oxygen atoms in total. The van der Waals surface area contributed by atoms with Crippen LogP contribution in [-0.4, -0.2) is 17.0 Å². The summed E-state index contributed by atoms with van der Waals surface area (Å²) in [7, 11) is 0. The van der Waals surface area contributed by atoms with Crippen molar-refractivity contribution in [1.29, 1.82) is 0 Å². The molecular formula is C20H22F2N2O2. The number of carbonyl (C=O) groups excluding carboxylic acids is 1. The van der Waals surface area contributed by atoms with Crippen molar-refractivity contribution >= 4 is 17.0 Å². The van der Waals surface area contributed by atoms with Gasteiger partial charge in [0.2, 0.25) is 0 Å². The minimum Gasteiger partial charge on any atom is -0.460 e. The van der Waals surface area contributed by atoms with E-state index in [0.29, 0.717) is 35.1 Å². The molecule has 0 saturated carbocycles. The van der Waals surface area contributed by atoms with Crippen molar-refractivity contribution in [3.05, 3.63) is 59.0 Å². The molecule has 0 atom stereocenters. The summed E-state index contributed by atoms with van der Waals surface area (Å²) in [6.45, 7) is 6.72. The number of hydrogen-bond acceptors (Lipinski definition) is 2. The SMILES string of the molecule is Cc1cc2c(cc(C(=O)NCCC(C)C)n2Cc2cc(F)cc(F)c2)o1. The van der Waals surface area contributed by atoms with Gasteiger partial charge >= 0.3 is 0 Å². The lowest BCUT2D eigenvalue weighted by Gasteiger charge is -2.12. The minimum atomic E-state index is -0.644. The maximum Gasteiger partial charge on any atom is 0.268 e. The van der Waals surface area contributed by atoms with Crippen molar-refractivity contribution in [2.75, 3.05) is 6.54 Å². The van der Waals surface area contributed by atoms with Crippen molar-refractivity contribution in [2.45, 2.75) is 33.7 Å². The average molecular weight is 360 g/mol. The molecule has 1 aromatic carbocycles. The number of rotatable bonds is 6. The van der Waals surface area contributed by atoms with E-state index in [2.05, 4.69) is 19.2 Å². The molecule has 0 bridgehead atoms. The fraction of sp³-hybridized carbons (Fsp3) is 0.350. The first-order valence-electron chi connectivity index (χ1n) is 8.66. The Kier molecular flexibility index (Phi) is 5.11. The molecule has 0 spiro atoms. The van der Waals surface area contributed by atoms with Gasteiger partial charge in [0.05, 0.1) is 5.52 Å².